The normalized spacial score (nSPS) is 16.1. The number of amides is 1. The zero-order valence-electron chi connectivity index (χ0n) is 9.70. The van der Waals surface area contributed by atoms with Gasteiger partial charge in [0.25, 0.3) is 0 Å². The van der Waals surface area contributed by atoms with Crippen molar-refractivity contribution in [3.05, 3.63) is 0 Å². The average molecular weight is 214 g/mol. The van der Waals surface area contributed by atoms with Crippen LogP contribution in [0.15, 0.2) is 0 Å². The maximum absolute atomic E-state index is 11.5. The Morgan fingerprint density at radius 2 is 2.20 bits per heavy atom. The van der Waals surface area contributed by atoms with Crippen molar-refractivity contribution in [1.29, 1.82) is 0 Å². The van der Waals surface area contributed by atoms with Gasteiger partial charge in [0, 0.05) is 19.1 Å². The van der Waals surface area contributed by atoms with Crippen LogP contribution in [0.1, 0.15) is 26.7 Å². The molecule has 0 heterocycles. The topological polar surface area (TPSA) is 52.6 Å². The molecule has 1 fully saturated rings. The minimum atomic E-state index is 0.00996. The zero-order chi connectivity index (χ0) is 11.3. The molecule has 4 nitrogen and oxygen atoms in total. The lowest BCUT2D eigenvalue weighted by molar-refractivity contribution is -0.122. The zero-order valence-corrected chi connectivity index (χ0v) is 9.70. The van der Waals surface area contributed by atoms with Crippen LogP contribution < -0.4 is 5.32 Å². The lowest BCUT2D eigenvalue weighted by Crippen LogP contribution is -2.42. The molecule has 0 atom stereocenters. The Morgan fingerprint density at radius 1 is 1.53 bits per heavy atom. The SMILES string of the molecule is CC(C)N(CC(=O)NCCO)CC1CC1. The summed E-state index contributed by atoms with van der Waals surface area (Å²) in [6, 6.07) is 0.408. The van der Waals surface area contributed by atoms with E-state index in [4.69, 9.17) is 5.11 Å². The molecule has 1 rings (SSSR count). The first-order chi connectivity index (χ1) is 7.13. The molecule has 0 unspecified atom stereocenters. The number of aliphatic hydroxyl groups is 1. The smallest absolute Gasteiger partial charge is 0.234 e. The fraction of sp³-hybridized carbons (Fsp3) is 0.909. The van der Waals surface area contributed by atoms with Crippen molar-refractivity contribution in [3.63, 3.8) is 0 Å². The summed E-state index contributed by atoms with van der Waals surface area (Å²) in [5.74, 6) is 0.816. The molecular formula is C11H22N2O2. The third kappa shape index (κ3) is 5.14. The maximum atomic E-state index is 11.5. The molecule has 1 saturated carbocycles. The molecule has 15 heavy (non-hydrogen) atoms. The standard InChI is InChI=1S/C11H22N2O2/c1-9(2)13(7-10-3-4-10)8-11(15)12-5-6-14/h9-10,14H,3-8H2,1-2H3,(H,12,15). The van der Waals surface area contributed by atoms with E-state index in [0.717, 1.165) is 12.5 Å². The van der Waals surface area contributed by atoms with E-state index in [0.29, 0.717) is 19.1 Å². The summed E-state index contributed by atoms with van der Waals surface area (Å²) in [5.41, 5.74) is 0. The van der Waals surface area contributed by atoms with Gasteiger partial charge in [-0.3, -0.25) is 9.69 Å². The molecule has 0 spiro atoms. The summed E-state index contributed by atoms with van der Waals surface area (Å²) in [6.45, 7) is 6.08. The lowest BCUT2D eigenvalue weighted by Gasteiger charge is -2.25. The minimum Gasteiger partial charge on any atom is -0.395 e. The number of nitrogens with zero attached hydrogens (tertiary/aromatic N) is 1. The number of nitrogens with one attached hydrogen (secondary N) is 1. The van der Waals surface area contributed by atoms with Gasteiger partial charge in [-0.25, -0.2) is 0 Å². The highest BCUT2D eigenvalue weighted by atomic mass is 16.3. The Morgan fingerprint density at radius 3 is 2.67 bits per heavy atom. The van der Waals surface area contributed by atoms with E-state index in [1.807, 2.05) is 0 Å². The molecule has 88 valence electrons. The van der Waals surface area contributed by atoms with Crippen molar-refractivity contribution in [2.45, 2.75) is 32.7 Å². The van der Waals surface area contributed by atoms with Gasteiger partial charge in [0.05, 0.1) is 13.2 Å². The van der Waals surface area contributed by atoms with Gasteiger partial charge in [-0.1, -0.05) is 0 Å². The molecule has 0 bridgehead atoms. The first-order valence-corrected chi connectivity index (χ1v) is 5.75. The van der Waals surface area contributed by atoms with Gasteiger partial charge in [-0.2, -0.15) is 0 Å². The van der Waals surface area contributed by atoms with Gasteiger partial charge in [0.2, 0.25) is 5.91 Å². The summed E-state index contributed by atoms with van der Waals surface area (Å²) in [4.78, 5) is 13.7. The molecule has 0 radical (unpaired) electrons. The summed E-state index contributed by atoms with van der Waals surface area (Å²) in [6.07, 6.45) is 2.61. The summed E-state index contributed by atoms with van der Waals surface area (Å²) in [7, 11) is 0. The van der Waals surface area contributed by atoms with E-state index in [1.54, 1.807) is 0 Å². The summed E-state index contributed by atoms with van der Waals surface area (Å²) >= 11 is 0. The van der Waals surface area contributed by atoms with Crippen molar-refractivity contribution < 1.29 is 9.90 Å². The van der Waals surface area contributed by atoms with Crippen LogP contribution in [0, 0.1) is 5.92 Å². The van der Waals surface area contributed by atoms with E-state index in [2.05, 4.69) is 24.1 Å². The minimum absolute atomic E-state index is 0.00996. The Labute approximate surface area is 91.6 Å². The number of carbonyl (C=O) groups excluding carboxylic acids is 1. The molecule has 0 saturated heterocycles. The van der Waals surface area contributed by atoms with Crippen molar-refractivity contribution >= 4 is 5.91 Å². The van der Waals surface area contributed by atoms with Gasteiger partial charge in [-0.05, 0) is 32.6 Å². The Hall–Kier alpha value is -0.610. The molecule has 1 aliphatic rings. The number of hydrogen-bond donors (Lipinski definition) is 2. The molecule has 1 amide bonds. The second-order valence-electron chi connectivity index (χ2n) is 4.54. The third-order valence-electron chi connectivity index (χ3n) is 2.70. The van der Waals surface area contributed by atoms with Crippen LogP contribution in [0.2, 0.25) is 0 Å². The van der Waals surface area contributed by atoms with E-state index < -0.39 is 0 Å². The van der Waals surface area contributed by atoms with E-state index in [9.17, 15) is 4.79 Å². The number of aliphatic hydroxyl groups excluding tert-OH is 1. The van der Waals surface area contributed by atoms with Gasteiger partial charge in [0.1, 0.15) is 0 Å². The Kier molecular flexibility index (Phi) is 5.05. The fourth-order valence-electron chi connectivity index (χ4n) is 1.53. The van der Waals surface area contributed by atoms with Crippen molar-refractivity contribution in [3.8, 4) is 0 Å². The van der Waals surface area contributed by atoms with E-state index in [-0.39, 0.29) is 12.5 Å². The van der Waals surface area contributed by atoms with Crippen LogP contribution in [-0.2, 0) is 4.79 Å². The third-order valence-corrected chi connectivity index (χ3v) is 2.70. The molecule has 1 aliphatic carbocycles. The van der Waals surface area contributed by atoms with Crippen LogP contribution in [0.5, 0.6) is 0 Å². The van der Waals surface area contributed by atoms with Gasteiger partial charge in [-0.15, -0.1) is 0 Å². The fourth-order valence-corrected chi connectivity index (χ4v) is 1.53. The highest BCUT2D eigenvalue weighted by Gasteiger charge is 2.26. The maximum Gasteiger partial charge on any atom is 0.234 e. The largest absolute Gasteiger partial charge is 0.395 e. The highest BCUT2D eigenvalue weighted by molar-refractivity contribution is 5.78. The molecule has 2 N–H and O–H groups in total. The number of rotatable bonds is 7. The van der Waals surface area contributed by atoms with Gasteiger partial charge in [0.15, 0.2) is 0 Å². The lowest BCUT2D eigenvalue weighted by atomic mass is 10.2. The van der Waals surface area contributed by atoms with Crippen molar-refractivity contribution in [1.82, 2.24) is 10.2 Å². The molecule has 0 aromatic heterocycles. The predicted octanol–water partition coefficient (Wildman–Crippen LogP) is 0.215. The molecule has 4 heteroatoms. The van der Waals surface area contributed by atoms with Crippen molar-refractivity contribution in [2.24, 2.45) is 5.92 Å². The van der Waals surface area contributed by atoms with Crippen LogP contribution >= 0.6 is 0 Å². The van der Waals surface area contributed by atoms with Crippen LogP contribution in [0.3, 0.4) is 0 Å². The molecular weight excluding hydrogens is 192 g/mol. The highest BCUT2D eigenvalue weighted by Crippen LogP contribution is 2.30. The second kappa shape index (κ2) is 6.08. The van der Waals surface area contributed by atoms with Crippen molar-refractivity contribution in [2.75, 3.05) is 26.2 Å². The van der Waals surface area contributed by atoms with Crippen LogP contribution in [0.25, 0.3) is 0 Å². The second-order valence-corrected chi connectivity index (χ2v) is 4.54. The summed E-state index contributed by atoms with van der Waals surface area (Å²) in [5, 5.41) is 11.3. The van der Waals surface area contributed by atoms with Crippen LogP contribution in [-0.4, -0.2) is 48.2 Å². The first kappa shape index (κ1) is 12.5. The number of hydrogen-bond acceptors (Lipinski definition) is 3. The summed E-state index contributed by atoms with van der Waals surface area (Å²) < 4.78 is 0. The van der Waals surface area contributed by atoms with Crippen LogP contribution in [0.4, 0.5) is 0 Å². The molecule has 0 aliphatic heterocycles. The average Bonchev–Trinajstić information content (AvgIpc) is 2.97. The molecule has 0 aromatic carbocycles. The molecule has 0 aromatic rings. The van der Waals surface area contributed by atoms with Gasteiger partial charge >= 0.3 is 0 Å². The van der Waals surface area contributed by atoms with Gasteiger partial charge < -0.3 is 10.4 Å². The Balaban J connectivity index is 2.25. The first-order valence-electron chi connectivity index (χ1n) is 5.75. The van der Waals surface area contributed by atoms with E-state index >= 15 is 0 Å². The predicted molar refractivity (Wildman–Crippen MR) is 59.5 cm³/mol. The quantitative estimate of drug-likeness (QED) is 0.637. The van der Waals surface area contributed by atoms with E-state index in [1.165, 1.54) is 12.8 Å². The monoisotopic (exact) mass is 214 g/mol. The Bertz CT molecular complexity index is 203. The number of carbonyl (C=O) groups is 1.